The zero-order chi connectivity index (χ0) is 19.8. The van der Waals surface area contributed by atoms with Gasteiger partial charge in [-0.1, -0.05) is 24.3 Å². The lowest BCUT2D eigenvalue weighted by atomic mass is 9.94. The molecular weight excluding hydrogens is 356 g/mol. The van der Waals surface area contributed by atoms with E-state index in [0.717, 1.165) is 33.7 Å². The van der Waals surface area contributed by atoms with E-state index in [9.17, 15) is 14.7 Å². The Bertz CT molecular complexity index is 1140. The number of fused-ring (bicyclic) bond motifs is 1. The third kappa shape index (κ3) is 2.95. The number of carbonyl (C=O) groups is 2. The van der Waals surface area contributed by atoms with Crippen LogP contribution in [0.2, 0.25) is 0 Å². The van der Waals surface area contributed by atoms with Gasteiger partial charge in [0, 0.05) is 16.9 Å². The molecule has 0 radical (unpaired) electrons. The van der Waals surface area contributed by atoms with Crippen molar-refractivity contribution >= 4 is 29.2 Å². The van der Waals surface area contributed by atoms with Gasteiger partial charge in [-0.05, 0) is 54.0 Å². The normalized spacial score (nSPS) is 14.1. The number of carbonyl (C=O) groups excluding carboxylic acids is 1. The molecular formula is C22H18N2O4. The first-order chi connectivity index (χ1) is 13.5. The molecule has 1 aliphatic rings. The molecule has 28 heavy (non-hydrogen) atoms. The van der Waals surface area contributed by atoms with E-state index in [1.165, 1.54) is 0 Å². The molecule has 0 atom stereocenters. The molecule has 0 unspecified atom stereocenters. The van der Waals surface area contributed by atoms with Gasteiger partial charge in [0.25, 0.3) is 5.91 Å². The predicted octanol–water partition coefficient (Wildman–Crippen LogP) is 4.19. The largest absolute Gasteiger partial charge is 0.497 e. The molecule has 0 spiro atoms. The fourth-order valence-electron chi connectivity index (χ4n) is 3.40. The van der Waals surface area contributed by atoms with Crippen LogP contribution >= 0.6 is 0 Å². The number of anilines is 1. The van der Waals surface area contributed by atoms with Crippen LogP contribution in [0, 0.1) is 6.92 Å². The summed E-state index contributed by atoms with van der Waals surface area (Å²) in [6.45, 7) is 1.80. The van der Waals surface area contributed by atoms with E-state index >= 15 is 0 Å². The van der Waals surface area contributed by atoms with Gasteiger partial charge in [0.2, 0.25) is 0 Å². The molecule has 3 N–H and O–H groups in total. The smallest absolute Gasteiger partial charge is 0.352 e. The lowest BCUT2D eigenvalue weighted by molar-refractivity contribution is -0.110. The molecule has 0 bridgehead atoms. The molecule has 6 heteroatoms. The number of aromatic amines is 1. The van der Waals surface area contributed by atoms with Gasteiger partial charge in [0.15, 0.2) is 0 Å². The average Bonchev–Trinajstić information content (AvgIpc) is 3.22. The summed E-state index contributed by atoms with van der Waals surface area (Å²) in [6, 6.07) is 14.9. The molecule has 2 aromatic carbocycles. The van der Waals surface area contributed by atoms with Crippen molar-refractivity contribution in [1.82, 2.24) is 4.98 Å². The topological polar surface area (TPSA) is 91.4 Å². The molecule has 1 aromatic heterocycles. The molecule has 1 aliphatic heterocycles. The minimum Gasteiger partial charge on any atom is -0.497 e. The first kappa shape index (κ1) is 17.6. The lowest BCUT2D eigenvalue weighted by Gasteiger charge is -2.10. The summed E-state index contributed by atoms with van der Waals surface area (Å²) in [5.41, 5.74) is 5.24. The fourth-order valence-corrected chi connectivity index (χ4v) is 3.40. The Morgan fingerprint density at radius 2 is 1.93 bits per heavy atom. The summed E-state index contributed by atoms with van der Waals surface area (Å²) < 4.78 is 5.32. The Morgan fingerprint density at radius 3 is 2.64 bits per heavy atom. The van der Waals surface area contributed by atoms with E-state index in [1.54, 1.807) is 26.2 Å². The first-order valence-electron chi connectivity index (χ1n) is 8.71. The quantitative estimate of drug-likeness (QED) is 0.597. The van der Waals surface area contributed by atoms with Crippen LogP contribution in [-0.4, -0.2) is 29.1 Å². The maximum absolute atomic E-state index is 12.7. The van der Waals surface area contributed by atoms with Gasteiger partial charge < -0.3 is 20.1 Å². The Labute approximate surface area is 161 Å². The number of hydrogen-bond acceptors (Lipinski definition) is 3. The van der Waals surface area contributed by atoms with Gasteiger partial charge in [-0.15, -0.1) is 0 Å². The van der Waals surface area contributed by atoms with Crippen LogP contribution in [0.5, 0.6) is 5.75 Å². The van der Waals surface area contributed by atoms with Gasteiger partial charge in [0.05, 0.1) is 12.7 Å². The number of aromatic nitrogens is 1. The summed E-state index contributed by atoms with van der Waals surface area (Å²) in [7, 11) is 1.61. The number of aromatic carboxylic acids is 1. The number of H-pyrrole nitrogens is 1. The minimum atomic E-state index is -1.04. The summed E-state index contributed by atoms with van der Waals surface area (Å²) in [5.74, 6) is -0.540. The number of benzene rings is 2. The van der Waals surface area contributed by atoms with Crippen molar-refractivity contribution in [3.05, 3.63) is 71.0 Å². The number of carboxylic acid groups (broad SMARTS) is 1. The molecule has 0 saturated heterocycles. The highest BCUT2D eigenvalue weighted by molar-refractivity contribution is 6.36. The highest BCUT2D eigenvalue weighted by atomic mass is 16.5. The van der Waals surface area contributed by atoms with Crippen molar-refractivity contribution in [2.45, 2.75) is 6.92 Å². The summed E-state index contributed by atoms with van der Waals surface area (Å²) in [5, 5.41) is 12.1. The number of aryl methyl sites for hydroxylation is 1. The van der Waals surface area contributed by atoms with Crippen LogP contribution in [-0.2, 0) is 4.79 Å². The molecule has 0 saturated carbocycles. The van der Waals surface area contributed by atoms with E-state index in [0.29, 0.717) is 11.3 Å². The van der Waals surface area contributed by atoms with Crippen LogP contribution in [0.1, 0.15) is 27.3 Å². The summed E-state index contributed by atoms with van der Waals surface area (Å²) in [6.07, 6.45) is 1.70. The van der Waals surface area contributed by atoms with E-state index in [1.807, 2.05) is 42.5 Å². The number of ether oxygens (including phenoxy) is 1. The van der Waals surface area contributed by atoms with Gasteiger partial charge >= 0.3 is 5.97 Å². The monoisotopic (exact) mass is 374 g/mol. The molecule has 3 aromatic rings. The maximum atomic E-state index is 12.7. The summed E-state index contributed by atoms with van der Waals surface area (Å²) >= 11 is 0. The third-order valence-corrected chi connectivity index (χ3v) is 4.78. The second-order valence-electron chi connectivity index (χ2n) is 6.56. The van der Waals surface area contributed by atoms with E-state index in [2.05, 4.69) is 10.3 Å². The number of carboxylic acids is 1. The Balaban J connectivity index is 1.88. The van der Waals surface area contributed by atoms with Crippen LogP contribution in [0.3, 0.4) is 0 Å². The van der Waals surface area contributed by atoms with Gasteiger partial charge in [-0.3, -0.25) is 4.79 Å². The molecule has 6 nitrogen and oxygen atoms in total. The average molecular weight is 374 g/mol. The van der Waals surface area contributed by atoms with Crippen LogP contribution in [0.25, 0.3) is 22.8 Å². The van der Waals surface area contributed by atoms with E-state index < -0.39 is 5.97 Å². The van der Waals surface area contributed by atoms with E-state index in [4.69, 9.17) is 4.74 Å². The zero-order valence-electron chi connectivity index (χ0n) is 15.4. The van der Waals surface area contributed by atoms with Crippen molar-refractivity contribution < 1.29 is 19.4 Å². The van der Waals surface area contributed by atoms with Crippen LogP contribution in [0.4, 0.5) is 5.69 Å². The van der Waals surface area contributed by atoms with Gasteiger partial charge in [-0.25, -0.2) is 4.79 Å². The number of hydrogen-bond donors (Lipinski definition) is 3. The van der Waals surface area contributed by atoms with E-state index in [-0.39, 0.29) is 11.6 Å². The maximum Gasteiger partial charge on any atom is 0.352 e. The van der Waals surface area contributed by atoms with Crippen molar-refractivity contribution in [1.29, 1.82) is 0 Å². The highest BCUT2D eigenvalue weighted by Gasteiger charge is 2.28. The lowest BCUT2D eigenvalue weighted by Crippen LogP contribution is -2.03. The zero-order valence-corrected chi connectivity index (χ0v) is 15.4. The molecule has 2 heterocycles. The van der Waals surface area contributed by atoms with Crippen molar-refractivity contribution in [3.8, 4) is 16.9 Å². The molecule has 4 rings (SSSR count). The SMILES string of the molecule is COc1cccc(-c2cccc3c2/C(=C/c2[nH]c(C(=O)O)cc2C)C(=O)N3)c1. The number of nitrogens with one attached hydrogen (secondary N) is 2. The first-order valence-corrected chi connectivity index (χ1v) is 8.71. The van der Waals surface area contributed by atoms with Crippen molar-refractivity contribution in [2.24, 2.45) is 0 Å². The minimum absolute atomic E-state index is 0.0871. The van der Waals surface area contributed by atoms with Crippen molar-refractivity contribution in [3.63, 3.8) is 0 Å². The fraction of sp³-hybridized carbons (Fsp3) is 0.0909. The van der Waals surface area contributed by atoms with Gasteiger partial charge in [-0.2, -0.15) is 0 Å². The number of amides is 1. The molecule has 1 amide bonds. The number of methoxy groups -OCH3 is 1. The predicted molar refractivity (Wildman–Crippen MR) is 107 cm³/mol. The Hall–Kier alpha value is -3.80. The third-order valence-electron chi connectivity index (χ3n) is 4.78. The van der Waals surface area contributed by atoms with Gasteiger partial charge in [0.1, 0.15) is 11.4 Å². The second kappa shape index (κ2) is 6.74. The van der Waals surface area contributed by atoms with Crippen LogP contribution in [0.15, 0.2) is 48.5 Å². The molecule has 0 fully saturated rings. The standard InChI is InChI=1S/C22H18N2O4/c1-12-9-19(22(26)27)23-18(12)11-16-20-15(7-4-8-17(20)24-21(16)25)13-5-3-6-14(10-13)28-2/h3-11,23H,1-2H3,(H,24,25)(H,26,27)/b16-11-. The Kier molecular flexibility index (Phi) is 4.24. The Morgan fingerprint density at radius 1 is 1.14 bits per heavy atom. The summed E-state index contributed by atoms with van der Waals surface area (Å²) in [4.78, 5) is 26.7. The van der Waals surface area contributed by atoms with Crippen LogP contribution < -0.4 is 10.1 Å². The highest BCUT2D eigenvalue weighted by Crippen LogP contribution is 2.41. The van der Waals surface area contributed by atoms with Crippen molar-refractivity contribution in [2.75, 3.05) is 12.4 Å². The second-order valence-corrected chi connectivity index (χ2v) is 6.56. The molecule has 140 valence electrons. The number of rotatable bonds is 4. The molecule has 0 aliphatic carbocycles.